The number of sulfonamides is 1. The molecule has 3 aromatic rings. The van der Waals surface area contributed by atoms with Crippen LogP contribution >= 0.6 is 0 Å². The highest BCUT2D eigenvalue weighted by molar-refractivity contribution is 7.89. The number of nitrogens with zero attached hydrogens (tertiary/aromatic N) is 3. The number of aromatic nitrogens is 2. The van der Waals surface area contributed by atoms with Crippen LogP contribution in [0.2, 0.25) is 0 Å². The van der Waals surface area contributed by atoms with Gasteiger partial charge in [-0.15, -0.1) is 0 Å². The first kappa shape index (κ1) is 31.8. The Hall–Kier alpha value is -3.38. The average Bonchev–Trinajstić information content (AvgIpc) is 3.35. The third kappa shape index (κ3) is 8.82. The minimum absolute atomic E-state index is 0.0371. The molecule has 212 valence electrons. The molecule has 12 heteroatoms. The van der Waals surface area contributed by atoms with Gasteiger partial charge in [-0.25, -0.2) is 12.8 Å². The Morgan fingerprint density at radius 3 is 2.26 bits per heavy atom. The Morgan fingerprint density at radius 2 is 1.74 bits per heavy atom. The van der Waals surface area contributed by atoms with E-state index in [4.69, 9.17) is 0 Å². The summed E-state index contributed by atoms with van der Waals surface area (Å²) in [7, 11) is -3.44. The van der Waals surface area contributed by atoms with Gasteiger partial charge in [-0.1, -0.05) is 19.9 Å². The van der Waals surface area contributed by atoms with Gasteiger partial charge in [-0.05, 0) is 74.7 Å². The molecule has 1 fully saturated rings. The van der Waals surface area contributed by atoms with E-state index in [-0.39, 0.29) is 17.5 Å². The Balaban J connectivity index is 0.000000265. The Labute approximate surface area is 226 Å². The molecule has 1 aliphatic heterocycles. The van der Waals surface area contributed by atoms with Crippen molar-refractivity contribution < 1.29 is 30.8 Å². The molecule has 0 saturated carbocycles. The van der Waals surface area contributed by atoms with Crippen LogP contribution in [0.25, 0.3) is 11.1 Å². The molecule has 4 rings (SSSR count). The van der Waals surface area contributed by atoms with Gasteiger partial charge in [0, 0.05) is 30.0 Å². The summed E-state index contributed by atoms with van der Waals surface area (Å²) < 4.78 is 76.0. The molecule has 2 aromatic heterocycles. The van der Waals surface area contributed by atoms with Crippen molar-refractivity contribution in [3.63, 3.8) is 0 Å². The maximum Gasteiger partial charge on any atom is 0.433 e. The van der Waals surface area contributed by atoms with Crippen molar-refractivity contribution in [2.45, 2.75) is 64.2 Å². The van der Waals surface area contributed by atoms with E-state index in [9.17, 15) is 30.8 Å². The third-order valence-electron chi connectivity index (χ3n) is 5.67. The van der Waals surface area contributed by atoms with Gasteiger partial charge in [0.05, 0.1) is 17.1 Å². The maximum atomic E-state index is 12.7. The van der Waals surface area contributed by atoms with E-state index < -0.39 is 27.7 Å². The molecule has 0 bridgehead atoms. The lowest BCUT2D eigenvalue weighted by Gasteiger charge is -2.20. The predicted molar refractivity (Wildman–Crippen MR) is 140 cm³/mol. The highest BCUT2D eigenvalue weighted by Gasteiger charge is 2.33. The van der Waals surface area contributed by atoms with Gasteiger partial charge >= 0.3 is 6.18 Å². The standard InChI is InChI=1S/C14H12F3N3O.C11H14FNO2S.C2H6/c1-9-4-11(5-12(20-9)7-18-8-21)10-2-3-13(19-6-10)14(15,16)17;1-9-3-2-8-13(9)16(14,15)11-6-4-10(12)5-7-11;1-2/h2-6,8H,7H2,1H3,(H,18,21);4-7,9H,2-3,8H2,1H3;1-2H3. The van der Waals surface area contributed by atoms with Crippen LogP contribution in [-0.4, -0.2) is 41.7 Å². The molecule has 1 amide bonds. The molecule has 39 heavy (non-hydrogen) atoms. The van der Waals surface area contributed by atoms with Gasteiger partial charge in [-0.2, -0.15) is 17.5 Å². The number of benzene rings is 1. The van der Waals surface area contributed by atoms with E-state index in [1.165, 1.54) is 40.8 Å². The van der Waals surface area contributed by atoms with E-state index in [1.807, 2.05) is 20.8 Å². The average molecular weight is 569 g/mol. The molecule has 1 aliphatic rings. The zero-order valence-corrected chi connectivity index (χ0v) is 23.0. The molecular weight excluding hydrogens is 536 g/mol. The summed E-state index contributed by atoms with van der Waals surface area (Å²) in [4.78, 5) is 18.1. The quantitative estimate of drug-likeness (QED) is 0.302. The molecular formula is C27H32F4N4O3S. The van der Waals surface area contributed by atoms with Crippen LogP contribution in [0, 0.1) is 12.7 Å². The van der Waals surface area contributed by atoms with E-state index in [1.54, 1.807) is 19.1 Å². The van der Waals surface area contributed by atoms with Gasteiger partial charge in [0.2, 0.25) is 16.4 Å². The molecule has 7 nitrogen and oxygen atoms in total. The van der Waals surface area contributed by atoms with E-state index in [0.29, 0.717) is 35.5 Å². The van der Waals surface area contributed by atoms with E-state index in [2.05, 4.69) is 15.3 Å². The topological polar surface area (TPSA) is 92.3 Å². The minimum Gasteiger partial charge on any atom is -0.353 e. The third-order valence-corrected chi connectivity index (χ3v) is 7.70. The summed E-state index contributed by atoms with van der Waals surface area (Å²) in [5.74, 6) is -0.423. The molecule has 1 atom stereocenters. The normalized spacial score (nSPS) is 15.4. The first-order valence-electron chi connectivity index (χ1n) is 12.4. The number of hydrogen-bond donors (Lipinski definition) is 1. The molecule has 0 aliphatic carbocycles. The van der Waals surface area contributed by atoms with Crippen LogP contribution in [0.3, 0.4) is 0 Å². The number of pyridine rings is 2. The second-order valence-electron chi connectivity index (χ2n) is 8.48. The van der Waals surface area contributed by atoms with Crippen molar-refractivity contribution in [2.24, 2.45) is 0 Å². The van der Waals surface area contributed by atoms with Gasteiger partial charge in [-0.3, -0.25) is 14.8 Å². The summed E-state index contributed by atoms with van der Waals surface area (Å²) in [6, 6.07) is 10.8. The number of nitrogens with one attached hydrogen (secondary N) is 1. The monoisotopic (exact) mass is 568 g/mol. The molecule has 1 N–H and O–H groups in total. The number of aryl methyl sites for hydroxylation is 1. The second kappa shape index (κ2) is 14.1. The van der Waals surface area contributed by atoms with Crippen molar-refractivity contribution >= 4 is 16.4 Å². The molecule has 0 radical (unpaired) electrons. The Bertz CT molecular complexity index is 1320. The number of halogens is 4. The Morgan fingerprint density at radius 1 is 1.08 bits per heavy atom. The zero-order valence-electron chi connectivity index (χ0n) is 22.2. The van der Waals surface area contributed by atoms with Crippen LogP contribution in [0.1, 0.15) is 50.7 Å². The van der Waals surface area contributed by atoms with Gasteiger partial charge < -0.3 is 5.32 Å². The fourth-order valence-corrected chi connectivity index (χ4v) is 5.58. The second-order valence-corrected chi connectivity index (χ2v) is 10.4. The summed E-state index contributed by atoms with van der Waals surface area (Å²) in [5, 5.41) is 2.49. The van der Waals surface area contributed by atoms with E-state index >= 15 is 0 Å². The molecule has 3 heterocycles. The number of alkyl halides is 3. The number of carbonyl (C=O) groups excluding carboxylic acids is 1. The van der Waals surface area contributed by atoms with Gasteiger partial charge in [0.1, 0.15) is 11.5 Å². The van der Waals surface area contributed by atoms with Crippen LogP contribution in [0.4, 0.5) is 17.6 Å². The number of hydrogen-bond acceptors (Lipinski definition) is 5. The fourth-order valence-electron chi connectivity index (χ4n) is 3.88. The number of rotatable bonds is 6. The lowest BCUT2D eigenvalue weighted by atomic mass is 10.1. The van der Waals surface area contributed by atoms with Crippen molar-refractivity contribution in [3.05, 3.63) is 77.6 Å². The lowest BCUT2D eigenvalue weighted by molar-refractivity contribution is -0.141. The SMILES string of the molecule is CC.CC1CCCN1S(=O)(=O)c1ccc(F)cc1.Cc1cc(-c2ccc(C(F)(F)F)nc2)cc(CNC=O)n1. The number of carbonyl (C=O) groups is 1. The molecule has 1 aromatic carbocycles. The largest absolute Gasteiger partial charge is 0.433 e. The van der Waals surface area contributed by atoms with Crippen LogP contribution in [0.15, 0.2) is 59.6 Å². The van der Waals surface area contributed by atoms with Crippen molar-refractivity contribution in [1.82, 2.24) is 19.6 Å². The van der Waals surface area contributed by atoms with Gasteiger partial charge in [0.25, 0.3) is 0 Å². The smallest absolute Gasteiger partial charge is 0.353 e. The Kier molecular flexibility index (Phi) is 11.5. The molecule has 1 unspecified atom stereocenters. The highest BCUT2D eigenvalue weighted by atomic mass is 32.2. The van der Waals surface area contributed by atoms with Gasteiger partial charge in [0.15, 0.2) is 0 Å². The van der Waals surface area contributed by atoms with Crippen molar-refractivity contribution in [1.29, 1.82) is 0 Å². The summed E-state index contributed by atoms with van der Waals surface area (Å²) in [6.07, 6.45) is -0.939. The zero-order chi connectivity index (χ0) is 29.2. The van der Waals surface area contributed by atoms with Crippen molar-refractivity contribution in [3.8, 4) is 11.1 Å². The minimum atomic E-state index is -4.45. The first-order valence-corrected chi connectivity index (χ1v) is 13.8. The van der Waals surface area contributed by atoms with E-state index in [0.717, 1.165) is 18.9 Å². The lowest BCUT2D eigenvalue weighted by Crippen LogP contribution is -2.33. The first-order chi connectivity index (χ1) is 18.4. The van der Waals surface area contributed by atoms with Crippen LogP contribution in [-0.2, 0) is 27.5 Å². The summed E-state index contributed by atoms with van der Waals surface area (Å²) in [5.41, 5.74) is 1.65. The highest BCUT2D eigenvalue weighted by Crippen LogP contribution is 2.29. The van der Waals surface area contributed by atoms with Crippen LogP contribution in [0.5, 0.6) is 0 Å². The number of amides is 1. The summed E-state index contributed by atoms with van der Waals surface area (Å²) >= 11 is 0. The van der Waals surface area contributed by atoms with Crippen LogP contribution < -0.4 is 5.32 Å². The predicted octanol–water partition coefficient (Wildman–Crippen LogP) is 5.74. The molecule has 1 saturated heterocycles. The molecule has 0 spiro atoms. The summed E-state index contributed by atoms with van der Waals surface area (Å²) in [6.45, 7) is 8.48. The maximum absolute atomic E-state index is 12.7. The fraction of sp³-hybridized carbons (Fsp3) is 0.370. The van der Waals surface area contributed by atoms with Crippen molar-refractivity contribution in [2.75, 3.05) is 6.54 Å².